The number of nitrogens with zero attached hydrogens (tertiary/aromatic N) is 1. The third-order valence-corrected chi connectivity index (χ3v) is 2.14. The van der Waals surface area contributed by atoms with Gasteiger partial charge in [0.25, 0.3) is 0 Å². The molecule has 0 fully saturated rings. The summed E-state index contributed by atoms with van der Waals surface area (Å²) in [5.74, 6) is 0.104. The molecule has 0 aliphatic rings. The summed E-state index contributed by atoms with van der Waals surface area (Å²) in [7, 11) is 0. The van der Waals surface area contributed by atoms with E-state index in [4.69, 9.17) is 0 Å². The molecule has 2 amide bonds. The van der Waals surface area contributed by atoms with E-state index in [0.717, 1.165) is 13.0 Å². The molecule has 0 aliphatic heterocycles. The molecule has 1 N–H and O–H groups in total. The molecule has 0 unspecified atom stereocenters. The lowest BCUT2D eigenvalue weighted by molar-refractivity contribution is -0.129. The molecule has 0 heterocycles. The lowest BCUT2D eigenvalue weighted by Crippen LogP contribution is -2.39. The standard InChI is InChI=1S/C11H22N2O2/c1-5-7-13(10(4)14)8-6-12-11(15)9(2)3/h9H,5-8H2,1-4H3,(H,12,15). The van der Waals surface area contributed by atoms with E-state index in [2.05, 4.69) is 5.32 Å². The summed E-state index contributed by atoms with van der Waals surface area (Å²) in [6.45, 7) is 9.18. The maximum atomic E-state index is 11.2. The number of hydrogen-bond acceptors (Lipinski definition) is 2. The number of carbonyl (C=O) groups is 2. The normalized spacial score (nSPS) is 10.2. The molecule has 88 valence electrons. The quantitative estimate of drug-likeness (QED) is 0.717. The molecule has 4 heteroatoms. The largest absolute Gasteiger partial charge is 0.354 e. The maximum Gasteiger partial charge on any atom is 0.222 e. The lowest BCUT2D eigenvalue weighted by Gasteiger charge is -2.20. The zero-order valence-electron chi connectivity index (χ0n) is 10.2. The van der Waals surface area contributed by atoms with Crippen LogP contribution >= 0.6 is 0 Å². The highest BCUT2D eigenvalue weighted by atomic mass is 16.2. The fourth-order valence-electron chi connectivity index (χ4n) is 1.21. The highest BCUT2D eigenvalue weighted by molar-refractivity contribution is 5.78. The van der Waals surface area contributed by atoms with E-state index in [1.165, 1.54) is 0 Å². The summed E-state index contributed by atoms with van der Waals surface area (Å²) in [5.41, 5.74) is 0. The Bertz CT molecular complexity index is 215. The number of carbonyl (C=O) groups excluding carboxylic acids is 2. The fraction of sp³-hybridized carbons (Fsp3) is 0.818. The van der Waals surface area contributed by atoms with Gasteiger partial charge in [-0.2, -0.15) is 0 Å². The summed E-state index contributed by atoms with van der Waals surface area (Å²) in [5, 5.41) is 2.79. The van der Waals surface area contributed by atoms with Crippen LogP contribution in [0.1, 0.15) is 34.1 Å². The Hall–Kier alpha value is -1.06. The van der Waals surface area contributed by atoms with Crippen molar-refractivity contribution in [3.63, 3.8) is 0 Å². The molecule has 0 aromatic carbocycles. The summed E-state index contributed by atoms with van der Waals surface area (Å²) in [6, 6.07) is 0. The van der Waals surface area contributed by atoms with Gasteiger partial charge in [0.15, 0.2) is 0 Å². The van der Waals surface area contributed by atoms with Gasteiger partial charge in [-0.25, -0.2) is 0 Å². The fourth-order valence-corrected chi connectivity index (χ4v) is 1.21. The van der Waals surface area contributed by atoms with Crippen LogP contribution in [-0.2, 0) is 9.59 Å². The number of rotatable bonds is 6. The van der Waals surface area contributed by atoms with Crippen molar-refractivity contribution in [2.75, 3.05) is 19.6 Å². The molecule has 0 aromatic heterocycles. The molecule has 0 aromatic rings. The van der Waals surface area contributed by atoms with Crippen molar-refractivity contribution in [2.45, 2.75) is 34.1 Å². The second-order valence-electron chi connectivity index (χ2n) is 3.95. The Morgan fingerprint density at radius 1 is 1.27 bits per heavy atom. The summed E-state index contributed by atoms with van der Waals surface area (Å²) < 4.78 is 0. The third-order valence-electron chi connectivity index (χ3n) is 2.14. The third kappa shape index (κ3) is 6.10. The highest BCUT2D eigenvalue weighted by Gasteiger charge is 2.09. The zero-order chi connectivity index (χ0) is 11.8. The van der Waals surface area contributed by atoms with Crippen molar-refractivity contribution < 1.29 is 9.59 Å². The molecular formula is C11H22N2O2. The van der Waals surface area contributed by atoms with Crippen LogP contribution in [0, 0.1) is 5.92 Å². The van der Waals surface area contributed by atoms with Crippen LogP contribution in [0.5, 0.6) is 0 Å². The van der Waals surface area contributed by atoms with Gasteiger partial charge in [0, 0.05) is 32.5 Å². The van der Waals surface area contributed by atoms with Crippen LogP contribution in [0.15, 0.2) is 0 Å². The van der Waals surface area contributed by atoms with Crippen molar-refractivity contribution in [3.8, 4) is 0 Å². The second-order valence-corrected chi connectivity index (χ2v) is 3.95. The molecule has 15 heavy (non-hydrogen) atoms. The highest BCUT2D eigenvalue weighted by Crippen LogP contribution is 1.93. The molecule has 0 rings (SSSR count). The lowest BCUT2D eigenvalue weighted by atomic mass is 10.2. The average Bonchev–Trinajstić information content (AvgIpc) is 2.15. The first-order chi connectivity index (χ1) is 6.99. The predicted molar refractivity (Wildman–Crippen MR) is 60.4 cm³/mol. The Morgan fingerprint density at radius 3 is 2.27 bits per heavy atom. The van der Waals surface area contributed by atoms with Gasteiger partial charge in [0.05, 0.1) is 0 Å². The van der Waals surface area contributed by atoms with E-state index >= 15 is 0 Å². The van der Waals surface area contributed by atoms with Gasteiger partial charge in [-0.1, -0.05) is 20.8 Å². The minimum Gasteiger partial charge on any atom is -0.354 e. The van der Waals surface area contributed by atoms with Crippen molar-refractivity contribution >= 4 is 11.8 Å². The van der Waals surface area contributed by atoms with Gasteiger partial charge in [-0.15, -0.1) is 0 Å². The van der Waals surface area contributed by atoms with Crippen LogP contribution in [0.25, 0.3) is 0 Å². The van der Waals surface area contributed by atoms with Gasteiger partial charge in [0.1, 0.15) is 0 Å². The minimum atomic E-state index is 0.00181. The Kier molecular flexibility index (Phi) is 6.75. The van der Waals surface area contributed by atoms with E-state index in [1.54, 1.807) is 11.8 Å². The Morgan fingerprint density at radius 2 is 1.87 bits per heavy atom. The molecule has 0 bridgehead atoms. The predicted octanol–water partition coefficient (Wildman–Crippen LogP) is 1.02. The molecule has 0 saturated heterocycles. The zero-order valence-corrected chi connectivity index (χ0v) is 10.2. The first-order valence-electron chi connectivity index (χ1n) is 5.52. The molecular weight excluding hydrogens is 192 g/mol. The van der Waals surface area contributed by atoms with E-state index < -0.39 is 0 Å². The number of nitrogens with one attached hydrogen (secondary N) is 1. The van der Waals surface area contributed by atoms with E-state index in [9.17, 15) is 9.59 Å². The van der Waals surface area contributed by atoms with Crippen molar-refractivity contribution in [1.29, 1.82) is 0 Å². The maximum absolute atomic E-state index is 11.2. The summed E-state index contributed by atoms with van der Waals surface area (Å²) in [4.78, 5) is 24.1. The monoisotopic (exact) mass is 214 g/mol. The van der Waals surface area contributed by atoms with Crippen LogP contribution < -0.4 is 5.32 Å². The van der Waals surface area contributed by atoms with E-state index in [0.29, 0.717) is 13.1 Å². The second kappa shape index (κ2) is 7.26. The molecule has 0 radical (unpaired) electrons. The summed E-state index contributed by atoms with van der Waals surface area (Å²) >= 11 is 0. The van der Waals surface area contributed by atoms with Crippen molar-refractivity contribution in [2.24, 2.45) is 5.92 Å². The van der Waals surface area contributed by atoms with Gasteiger partial charge in [-0.05, 0) is 6.42 Å². The molecule has 0 atom stereocenters. The van der Waals surface area contributed by atoms with Crippen LogP contribution in [0.4, 0.5) is 0 Å². The molecule has 4 nitrogen and oxygen atoms in total. The summed E-state index contributed by atoms with van der Waals surface area (Å²) in [6.07, 6.45) is 0.942. The SMILES string of the molecule is CCCN(CCNC(=O)C(C)C)C(C)=O. The topological polar surface area (TPSA) is 49.4 Å². The number of hydrogen-bond donors (Lipinski definition) is 1. The van der Waals surface area contributed by atoms with Gasteiger partial charge in [0.2, 0.25) is 11.8 Å². The minimum absolute atomic E-state index is 0.00181. The van der Waals surface area contributed by atoms with E-state index in [-0.39, 0.29) is 17.7 Å². The van der Waals surface area contributed by atoms with E-state index in [1.807, 2.05) is 20.8 Å². The van der Waals surface area contributed by atoms with Gasteiger partial charge >= 0.3 is 0 Å². The smallest absolute Gasteiger partial charge is 0.222 e. The van der Waals surface area contributed by atoms with Gasteiger partial charge < -0.3 is 10.2 Å². The van der Waals surface area contributed by atoms with Crippen LogP contribution in [0.2, 0.25) is 0 Å². The Labute approximate surface area is 92.0 Å². The van der Waals surface area contributed by atoms with Crippen LogP contribution in [-0.4, -0.2) is 36.3 Å². The number of amides is 2. The molecule has 0 spiro atoms. The Balaban J connectivity index is 3.81. The van der Waals surface area contributed by atoms with Crippen molar-refractivity contribution in [1.82, 2.24) is 10.2 Å². The molecule has 0 saturated carbocycles. The van der Waals surface area contributed by atoms with Gasteiger partial charge in [-0.3, -0.25) is 9.59 Å². The molecule has 0 aliphatic carbocycles. The van der Waals surface area contributed by atoms with Crippen LogP contribution in [0.3, 0.4) is 0 Å². The van der Waals surface area contributed by atoms with Crippen molar-refractivity contribution in [3.05, 3.63) is 0 Å². The first-order valence-corrected chi connectivity index (χ1v) is 5.52. The first kappa shape index (κ1) is 13.9. The average molecular weight is 214 g/mol.